The SMILES string of the molecule is CC(CS(C)=O)NCCCNC(=O)OC(C)(C)C. The van der Waals surface area contributed by atoms with Crippen molar-refractivity contribution in [1.29, 1.82) is 0 Å². The quantitative estimate of drug-likeness (QED) is 0.688. The molecule has 0 rings (SSSR count). The summed E-state index contributed by atoms with van der Waals surface area (Å²) >= 11 is 0. The van der Waals surface area contributed by atoms with Gasteiger partial charge < -0.3 is 15.4 Å². The minimum atomic E-state index is -0.774. The van der Waals surface area contributed by atoms with E-state index in [0.717, 1.165) is 13.0 Å². The van der Waals surface area contributed by atoms with E-state index in [2.05, 4.69) is 10.6 Å². The van der Waals surface area contributed by atoms with Gasteiger partial charge in [-0.3, -0.25) is 4.21 Å². The van der Waals surface area contributed by atoms with Crippen LogP contribution in [0.25, 0.3) is 0 Å². The molecule has 0 aliphatic heterocycles. The second kappa shape index (κ2) is 8.48. The monoisotopic (exact) mass is 278 g/mol. The predicted octanol–water partition coefficient (Wildman–Crippen LogP) is 1.26. The third-order valence-electron chi connectivity index (χ3n) is 2.00. The van der Waals surface area contributed by atoms with Crippen LogP contribution in [0.15, 0.2) is 0 Å². The molecule has 2 N–H and O–H groups in total. The fourth-order valence-corrected chi connectivity index (χ4v) is 2.17. The highest BCUT2D eigenvalue weighted by molar-refractivity contribution is 7.84. The number of carbonyl (C=O) groups is 1. The molecule has 0 saturated heterocycles. The summed E-state index contributed by atoms with van der Waals surface area (Å²) in [6, 6.07) is 0.234. The van der Waals surface area contributed by atoms with Crippen LogP contribution in [0.3, 0.4) is 0 Å². The molecule has 0 saturated carbocycles. The first-order chi connectivity index (χ1) is 8.20. The topological polar surface area (TPSA) is 67.4 Å². The van der Waals surface area contributed by atoms with Crippen LogP contribution in [0.1, 0.15) is 34.1 Å². The zero-order chi connectivity index (χ0) is 14.2. The Hall–Kier alpha value is -0.620. The Labute approximate surface area is 113 Å². The number of rotatable bonds is 7. The molecule has 1 amide bonds. The number of alkyl carbamates (subject to hydrolysis) is 1. The second-order valence-electron chi connectivity index (χ2n) is 5.38. The Kier molecular flexibility index (Phi) is 8.18. The summed E-state index contributed by atoms with van der Waals surface area (Å²) in [5.74, 6) is 0.652. The minimum Gasteiger partial charge on any atom is -0.444 e. The third-order valence-corrected chi connectivity index (χ3v) is 2.97. The van der Waals surface area contributed by atoms with E-state index in [4.69, 9.17) is 4.74 Å². The summed E-state index contributed by atoms with van der Waals surface area (Å²) in [4.78, 5) is 11.3. The molecule has 0 aliphatic carbocycles. The first-order valence-corrected chi connectivity index (χ1v) is 7.93. The van der Waals surface area contributed by atoms with Gasteiger partial charge in [-0.1, -0.05) is 0 Å². The van der Waals surface area contributed by atoms with Gasteiger partial charge in [-0.15, -0.1) is 0 Å². The van der Waals surface area contributed by atoms with Gasteiger partial charge in [0, 0.05) is 35.4 Å². The van der Waals surface area contributed by atoms with Gasteiger partial charge in [0.05, 0.1) is 0 Å². The van der Waals surface area contributed by atoms with Crippen LogP contribution in [0, 0.1) is 0 Å². The van der Waals surface area contributed by atoms with Gasteiger partial charge >= 0.3 is 6.09 Å². The molecule has 0 aromatic carbocycles. The Bertz CT molecular complexity index is 277. The van der Waals surface area contributed by atoms with E-state index >= 15 is 0 Å². The summed E-state index contributed by atoms with van der Waals surface area (Å²) < 4.78 is 16.1. The summed E-state index contributed by atoms with van der Waals surface area (Å²) in [7, 11) is -0.774. The summed E-state index contributed by atoms with van der Waals surface area (Å²) in [5, 5.41) is 5.94. The van der Waals surface area contributed by atoms with Crippen molar-refractivity contribution in [2.45, 2.75) is 45.8 Å². The van der Waals surface area contributed by atoms with Crippen molar-refractivity contribution in [2.75, 3.05) is 25.1 Å². The molecule has 0 bridgehead atoms. The van der Waals surface area contributed by atoms with E-state index in [-0.39, 0.29) is 12.1 Å². The van der Waals surface area contributed by atoms with Gasteiger partial charge in [0.2, 0.25) is 0 Å². The average molecular weight is 278 g/mol. The standard InChI is InChI=1S/C12H26N2O3S/c1-10(9-18(5)16)13-7-6-8-14-11(15)17-12(2,3)4/h10,13H,6-9H2,1-5H3,(H,14,15). The lowest BCUT2D eigenvalue weighted by atomic mass is 10.2. The maximum Gasteiger partial charge on any atom is 0.407 e. The molecule has 5 nitrogen and oxygen atoms in total. The lowest BCUT2D eigenvalue weighted by Gasteiger charge is -2.19. The van der Waals surface area contributed by atoms with E-state index in [1.165, 1.54) is 0 Å². The van der Waals surface area contributed by atoms with Crippen LogP contribution < -0.4 is 10.6 Å². The molecule has 0 aromatic heterocycles. The zero-order valence-corrected chi connectivity index (χ0v) is 12.9. The molecule has 2 atom stereocenters. The van der Waals surface area contributed by atoms with Crippen LogP contribution in [0.5, 0.6) is 0 Å². The van der Waals surface area contributed by atoms with Crippen LogP contribution in [-0.2, 0) is 15.5 Å². The first kappa shape index (κ1) is 17.4. The van der Waals surface area contributed by atoms with Crippen LogP contribution in [-0.4, -0.2) is 47.0 Å². The number of amides is 1. The van der Waals surface area contributed by atoms with E-state index in [1.807, 2.05) is 27.7 Å². The maximum atomic E-state index is 11.3. The highest BCUT2D eigenvalue weighted by Crippen LogP contribution is 2.06. The van der Waals surface area contributed by atoms with Crippen molar-refractivity contribution in [1.82, 2.24) is 10.6 Å². The first-order valence-electron chi connectivity index (χ1n) is 6.21. The Balaban J connectivity index is 3.51. The van der Waals surface area contributed by atoms with Crippen molar-refractivity contribution >= 4 is 16.9 Å². The van der Waals surface area contributed by atoms with Gasteiger partial charge in [-0.2, -0.15) is 0 Å². The maximum absolute atomic E-state index is 11.3. The highest BCUT2D eigenvalue weighted by Gasteiger charge is 2.15. The summed E-state index contributed by atoms with van der Waals surface area (Å²) in [6.07, 6.45) is 2.13. The molecule has 6 heteroatoms. The molecular weight excluding hydrogens is 252 g/mol. The number of carbonyl (C=O) groups excluding carboxylic acids is 1. The molecule has 108 valence electrons. The van der Waals surface area contributed by atoms with Gasteiger partial charge in [-0.05, 0) is 40.7 Å². The second-order valence-corrected chi connectivity index (χ2v) is 6.86. The smallest absolute Gasteiger partial charge is 0.407 e. The number of hydrogen-bond acceptors (Lipinski definition) is 4. The van der Waals surface area contributed by atoms with Gasteiger partial charge in [0.1, 0.15) is 5.60 Å². The Morgan fingerprint density at radius 3 is 2.44 bits per heavy atom. The van der Waals surface area contributed by atoms with Crippen LogP contribution in [0.2, 0.25) is 0 Å². The van der Waals surface area contributed by atoms with Crippen molar-refractivity contribution in [3.05, 3.63) is 0 Å². The van der Waals surface area contributed by atoms with Gasteiger partial charge in [0.15, 0.2) is 0 Å². The molecule has 18 heavy (non-hydrogen) atoms. The largest absolute Gasteiger partial charge is 0.444 e. The third kappa shape index (κ3) is 11.9. The van der Waals surface area contributed by atoms with E-state index < -0.39 is 16.4 Å². The van der Waals surface area contributed by atoms with Gasteiger partial charge in [0.25, 0.3) is 0 Å². The van der Waals surface area contributed by atoms with Crippen molar-refractivity contribution < 1.29 is 13.7 Å². The molecule has 0 radical (unpaired) electrons. The zero-order valence-electron chi connectivity index (χ0n) is 12.0. The minimum absolute atomic E-state index is 0.234. The Morgan fingerprint density at radius 1 is 1.33 bits per heavy atom. The molecule has 2 unspecified atom stereocenters. The van der Waals surface area contributed by atoms with E-state index in [9.17, 15) is 9.00 Å². The summed E-state index contributed by atoms with van der Waals surface area (Å²) in [6.45, 7) is 8.86. The van der Waals surface area contributed by atoms with Crippen molar-refractivity contribution in [2.24, 2.45) is 0 Å². The fraction of sp³-hybridized carbons (Fsp3) is 0.917. The fourth-order valence-electron chi connectivity index (χ4n) is 1.35. The van der Waals surface area contributed by atoms with Crippen molar-refractivity contribution in [3.63, 3.8) is 0 Å². The normalized spacial score (nSPS) is 14.9. The van der Waals surface area contributed by atoms with E-state index in [1.54, 1.807) is 6.26 Å². The molecule has 0 aromatic rings. The lowest BCUT2D eigenvalue weighted by Crippen LogP contribution is -2.36. The molecule has 0 fully saturated rings. The van der Waals surface area contributed by atoms with Crippen LogP contribution in [0.4, 0.5) is 4.79 Å². The molecule has 0 heterocycles. The molecule has 0 spiro atoms. The number of ether oxygens (including phenoxy) is 1. The molecule has 0 aliphatic rings. The van der Waals surface area contributed by atoms with Crippen molar-refractivity contribution in [3.8, 4) is 0 Å². The summed E-state index contributed by atoms with van der Waals surface area (Å²) in [5.41, 5.74) is -0.456. The molecular formula is C12H26N2O3S. The van der Waals surface area contributed by atoms with E-state index in [0.29, 0.717) is 12.3 Å². The lowest BCUT2D eigenvalue weighted by molar-refractivity contribution is 0.0527. The van der Waals surface area contributed by atoms with Gasteiger partial charge in [-0.25, -0.2) is 4.79 Å². The predicted molar refractivity (Wildman–Crippen MR) is 75.3 cm³/mol. The average Bonchev–Trinajstić information content (AvgIpc) is 2.12. The number of hydrogen-bond donors (Lipinski definition) is 2. The van der Waals surface area contributed by atoms with Crippen LogP contribution >= 0.6 is 0 Å². The number of nitrogens with one attached hydrogen (secondary N) is 2. The highest BCUT2D eigenvalue weighted by atomic mass is 32.2. The Morgan fingerprint density at radius 2 is 1.94 bits per heavy atom.